The average molecular weight is 428 g/mol. The maximum atomic E-state index is 12.9. The van der Waals surface area contributed by atoms with E-state index in [1.807, 2.05) is 25.7 Å². The Balaban J connectivity index is 1.68. The van der Waals surface area contributed by atoms with Gasteiger partial charge in [-0.1, -0.05) is 84.4 Å². The Hall–Kier alpha value is -3.07. The molecule has 4 rings (SSSR count). The molecule has 3 heteroatoms. The van der Waals surface area contributed by atoms with Crippen molar-refractivity contribution in [2.45, 2.75) is 51.6 Å². The first-order valence-electron chi connectivity index (χ1n) is 11.5. The smallest absolute Gasteiger partial charge is 0.410 e. The van der Waals surface area contributed by atoms with Crippen molar-refractivity contribution in [3.63, 3.8) is 0 Å². The molecule has 1 aliphatic rings. The summed E-state index contributed by atoms with van der Waals surface area (Å²) in [6.45, 7) is 9.26. The standard InChI is InChI=1S/C29H33NO2/c1-21-10-8-13-23(18-21)24-14-9-15-25(19-24)27-20-30(28(31)32-29(2,3)4)17-16-26(27)22-11-6-5-7-12-22/h5-15,18-19,26-27H,16-17,20H2,1-4H3/t26-,27-/m0/s1. The van der Waals surface area contributed by atoms with Crippen molar-refractivity contribution < 1.29 is 9.53 Å². The van der Waals surface area contributed by atoms with Gasteiger partial charge < -0.3 is 9.64 Å². The number of carbonyl (C=O) groups excluding carboxylic acids is 1. The number of likely N-dealkylation sites (tertiary alicyclic amines) is 1. The number of rotatable bonds is 3. The highest BCUT2D eigenvalue weighted by Gasteiger charge is 2.35. The molecule has 0 radical (unpaired) electrons. The van der Waals surface area contributed by atoms with E-state index in [0.717, 1.165) is 6.42 Å². The van der Waals surface area contributed by atoms with Gasteiger partial charge in [0.15, 0.2) is 0 Å². The quantitative estimate of drug-likeness (QED) is 0.443. The number of hydrogen-bond acceptors (Lipinski definition) is 2. The summed E-state index contributed by atoms with van der Waals surface area (Å²) >= 11 is 0. The highest BCUT2D eigenvalue weighted by atomic mass is 16.6. The third-order valence-corrected chi connectivity index (χ3v) is 6.16. The Morgan fingerprint density at radius 1 is 0.844 bits per heavy atom. The van der Waals surface area contributed by atoms with E-state index in [4.69, 9.17) is 4.74 Å². The third kappa shape index (κ3) is 5.21. The van der Waals surface area contributed by atoms with Crippen molar-refractivity contribution in [1.29, 1.82) is 0 Å². The molecule has 166 valence electrons. The Morgan fingerprint density at radius 3 is 2.19 bits per heavy atom. The van der Waals surface area contributed by atoms with Gasteiger partial charge in [-0.3, -0.25) is 0 Å². The monoisotopic (exact) mass is 427 g/mol. The van der Waals surface area contributed by atoms with E-state index in [-0.39, 0.29) is 12.0 Å². The summed E-state index contributed by atoms with van der Waals surface area (Å²) in [7, 11) is 0. The van der Waals surface area contributed by atoms with Crippen LogP contribution in [-0.4, -0.2) is 29.7 Å². The minimum atomic E-state index is -0.492. The normalized spacial score (nSPS) is 18.9. The zero-order valence-electron chi connectivity index (χ0n) is 19.5. The van der Waals surface area contributed by atoms with Gasteiger partial charge in [0.1, 0.15) is 5.60 Å². The molecule has 0 aromatic heterocycles. The molecule has 32 heavy (non-hydrogen) atoms. The molecule has 1 amide bonds. The van der Waals surface area contributed by atoms with Gasteiger partial charge in [0.2, 0.25) is 0 Å². The molecular formula is C29H33NO2. The number of amides is 1. The summed E-state index contributed by atoms with van der Waals surface area (Å²) in [5.74, 6) is 0.575. The maximum absolute atomic E-state index is 12.9. The molecule has 0 spiro atoms. The van der Waals surface area contributed by atoms with Crippen LogP contribution in [0, 0.1) is 6.92 Å². The van der Waals surface area contributed by atoms with Gasteiger partial charge in [-0.25, -0.2) is 4.79 Å². The molecule has 0 bridgehead atoms. The van der Waals surface area contributed by atoms with Crippen molar-refractivity contribution in [1.82, 2.24) is 4.90 Å². The number of aryl methyl sites for hydroxylation is 1. The van der Waals surface area contributed by atoms with Crippen molar-refractivity contribution in [2.75, 3.05) is 13.1 Å². The molecule has 1 saturated heterocycles. The second-order valence-corrected chi connectivity index (χ2v) is 9.83. The molecule has 3 aromatic carbocycles. The first kappa shape index (κ1) is 22.1. The van der Waals surface area contributed by atoms with Crippen LogP contribution in [0.2, 0.25) is 0 Å². The van der Waals surface area contributed by atoms with Crippen molar-refractivity contribution in [3.05, 3.63) is 95.6 Å². The van der Waals surface area contributed by atoms with Crippen LogP contribution in [0.15, 0.2) is 78.9 Å². The van der Waals surface area contributed by atoms with Crippen LogP contribution in [0.4, 0.5) is 4.79 Å². The van der Waals surface area contributed by atoms with Gasteiger partial charge in [-0.15, -0.1) is 0 Å². The summed E-state index contributed by atoms with van der Waals surface area (Å²) in [5, 5.41) is 0. The number of piperidine rings is 1. The van der Waals surface area contributed by atoms with Gasteiger partial charge >= 0.3 is 6.09 Å². The Morgan fingerprint density at radius 2 is 1.50 bits per heavy atom. The summed E-state index contributed by atoms with van der Waals surface area (Å²) in [6, 6.07) is 28.1. The molecule has 0 unspecified atom stereocenters. The minimum absolute atomic E-state index is 0.212. The van der Waals surface area contributed by atoms with Gasteiger partial charge in [0.25, 0.3) is 0 Å². The highest BCUT2D eigenvalue weighted by Crippen LogP contribution is 2.41. The summed E-state index contributed by atoms with van der Waals surface area (Å²) in [4.78, 5) is 14.7. The molecule has 2 atom stereocenters. The lowest BCUT2D eigenvalue weighted by Crippen LogP contribution is -2.44. The third-order valence-electron chi connectivity index (χ3n) is 6.16. The SMILES string of the molecule is Cc1cccc(-c2cccc([C@@H]3CN(C(=O)OC(C)(C)C)CC[C@H]3c3ccccc3)c2)c1. The highest BCUT2D eigenvalue weighted by molar-refractivity contribution is 5.69. The van der Waals surface area contributed by atoms with E-state index in [0.29, 0.717) is 19.0 Å². The van der Waals surface area contributed by atoms with Crippen LogP contribution in [0.1, 0.15) is 55.7 Å². The predicted octanol–water partition coefficient (Wildman–Crippen LogP) is 7.17. The fraction of sp³-hybridized carbons (Fsp3) is 0.345. The summed E-state index contributed by atoms with van der Waals surface area (Å²) in [6.07, 6.45) is 0.701. The lowest BCUT2D eigenvalue weighted by atomic mass is 9.76. The molecule has 3 aromatic rings. The molecule has 3 nitrogen and oxygen atoms in total. The van der Waals surface area contributed by atoms with Gasteiger partial charge in [0.05, 0.1) is 0 Å². The van der Waals surface area contributed by atoms with Gasteiger partial charge in [-0.05, 0) is 62.3 Å². The zero-order valence-corrected chi connectivity index (χ0v) is 19.5. The largest absolute Gasteiger partial charge is 0.444 e. The molecular weight excluding hydrogens is 394 g/mol. The summed E-state index contributed by atoms with van der Waals surface area (Å²) < 4.78 is 5.70. The van der Waals surface area contributed by atoms with Crippen LogP contribution in [0.25, 0.3) is 11.1 Å². The van der Waals surface area contributed by atoms with Crippen LogP contribution in [0.5, 0.6) is 0 Å². The lowest BCUT2D eigenvalue weighted by Gasteiger charge is -2.39. The Kier molecular flexibility index (Phi) is 6.36. The zero-order chi connectivity index (χ0) is 22.7. The number of benzene rings is 3. The van der Waals surface area contributed by atoms with E-state index in [1.54, 1.807) is 0 Å². The van der Waals surface area contributed by atoms with Crippen LogP contribution >= 0.6 is 0 Å². The van der Waals surface area contributed by atoms with Crippen molar-refractivity contribution in [3.8, 4) is 11.1 Å². The van der Waals surface area contributed by atoms with Crippen LogP contribution in [0.3, 0.4) is 0 Å². The Bertz CT molecular complexity index is 1070. The number of nitrogens with zero attached hydrogens (tertiary/aromatic N) is 1. The van der Waals surface area contributed by atoms with E-state index in [1.165, 1.54) is 27.8 Å². The summed E-state index contributed by atoms with van der Waals surface area (Å²) in [5.41, 5.74) is 5.81. The number of ether oxygens (including phenoxy) is 1. The maximum Gasteiger partial charge on any atom is 0.410 e. The van der Waals surface area contributed by atoms with Gasteiger partial charge in [0, 0.05) is 19.0 Å². The second-order valence-electron chi connectivity index (χ2n) is 9.83. The fourth-order valence-electron chi connectivity index (χ4n) is 4.65. The molecule has 1 heterocycles. The fourth-order valence-corrected chi connectivity index (χ4v) is 4.65. The first-order valence-corrected chi connectivity index (χ1v) is 11.5. The van der Waals surface area contributed by atoms with E-state index < -0.39 is 5.60 Å². The molecule has 0 saturated carbocycles. The Labute approximate surface area is 192 Å². The van der Waals surface area contributed by atoms with Gasteiger partial charge in [-0.2, -0.15) is 0 Å². The molecule has 1 fully saturated rings. The topological polar surface area (TPSA) is 29.5 Å². The molecule has 1 aliphatic heterocycles. The van der Waals surface area contributed by atoms with E-state index >= 15 is 0 Å². The predicted molar refractivity (Wildman–Crippen MR) is 131 cm³/mol. The van der Waals surface area contributed by atoms with Crippen molar-refractivity contribution in [2.24, 2.45) is 0 Å². The first-order chi connectivity index (χ1) is 15.3. The average Bonchev–Trinajstić information content (AvgIpc) is 2.78. The lowest BCUT2D eigenvalue weighted by molar-refractivity contribution is 0.0184. The van der Waals surface area contributed by atoms with E-state index in [2.05, 4.69) is 85.8 Å². The van der Waals surface area contributed by atoms with E-state index in [9.17, 15) is 4.79 Å². The minimum Gasteiger partial charge on any atom is -0.444 e. The van der Waals surface area contributed by atoms with Crippen LogP contribution < -0.4 is 0 Å². The molecule has 0 N–H and O–H groups in total. The number of carbonyl (C=O) groups is 1. The second kappa shape index (κ2) is 9.20. The van der Waals surface area contributed by atoms with Crippen molar-refractivity contribution >= 4 is 6.09 Å². The van der Waals surface area contributed by atoms with Crippen LogP contribution in [-0.2, 0) is 4.74 Å². The number of hydrogen-bond donors (Lipinski definition) is 0. The molecule has 0 aliphatic carbocycles.